The van der Waals surface area contributed by atoms with Gasteiger partial charge in [-0.3, -0.25) is 0 Å². The normalized spacial score (nSPS) is 14.4. The maximum atomic E-state index is 6.27. The maximum absolute atomic E-state index is 6.27. The van der Waals surface area contributed by atoms with Crippen molar-refractivity contribution in [2.75, 3.05) is 14.2 Å². The van der Waals surface area contributed by atoms with Crippen molar-refractivity contribution >= 4 is 24.5 Å². The van der Waals surface area contributed by atoms with Crippen molar-refractivity contribution in [1.82, 2.24) is 0 Å². The van der Waals surface area contributed by atoms with Gasteiger partial charge < -0.3 is 8.85 Å². The van der Waals surface area contributed by atoms with Gasteiger partial charge in [0.15, 0.2) is 0 Å². The second-order valence-electron chi connectivity index (χ2n) is 7.81. The Morgan fingerprint density at radius 3 is 2.12 bits per heavy atom. The molecule has 0 aromatic heterocycles. The van der Waals surface area contributed by atoms with E-state index in [0.29, 0.717) is 11.8 Å². The quantitative estimate of drug-likeness (QED) is 0.674. The molecule has 2 aromatic carbocycles. The predicted octanol–water partition coefficient (Wildman–Crippen LogP) is 5.16. The zero-order valence-electron chi connectivity index (χ0n) is 16.4. The molecule has 1 unspecified atom stereocenters. The summed E-state index contributed by atoms with van der Waals surface area (Å²) in [4.78, 5) is 0. The molecule has 0 fully saturated rings. The van der Waals surface area contributed by atoms with Crippen LogP contribution in [0.15, 0.2) is 36.4 Å². The Morgan fingerprint density at radius 2 is 1.58 bits per heavy atom. The third kappa shape index (κ3) is 2.94. The highest BCUT2D eigenvalue weighted by molar-refractivity contribution is 6.85. The number of rotatable bonds is 6. The summed E-state index contributed by atoms with van der Waals surface area (Å²) in [6, 6.07) is 13.1. The Hall–Kier alpha value is -1.16. The van der Waals surface area contributed by atoms with Crippen LogP contribution in [0.25, 0.3) is 10.8 Å². The average Bonchev–Trinajstić information content (AvgIpc) is 2.55. The fraction of sp³-hybridized carbons (Fsp3) is 0.524. The van der Waals surface area contributed by atoms with Crippen molar-refractivity contribution in [1.29, 1.82) is 0 Å². The molecular formula is C21H32O2Si. The van der Waals surface area contributed by atoms with Crippen LogP contribution in [0.2, 0.25) is 5.04 Å². The lowest BCUT2D eigenvalue weighted by Crippen LogP contribution is -2.62. The van der Waals surface area contributed by atoms with E-state index in [2.05, 4.69) is 77.9 Å². The molecule has 132 valence electrons. The lowest BCUT2D eigenvalue weighted by Gasteiger charge is -2.46. The first kappa shape index (κ1) is 19.2. The molecule has 0 heterocycles. The van der Waals surface area contributed by atoms with Crippen molar-refractivity contribution in [3.05, 3.63) is 42.0 Å². The summed E-state index contributed by atoms with van der Waals surface area (Å²) in [7, 11) is 0.977. The Labute approximate surface area is 148 Å². The smallest absolute Gasteiger partial charge is 0.378 e. The van der Waals surface area contributed by atoms with Crippen LogP contribution in [-0.4, -0.2) is 22.8 Å². The summed E-state index contributed by atoms with van der Waals surface area (Å²) in [5, 5.41) is 3.68. The Balaban J connectivity index is 2.78. The van der Waals surface area contributed by atoms with Gasteiger partial charge in [-0.1, -0.05) is 76.6 Å². The first-order valence-electron chi connectivity index (χ1n) is 8.81. The maximum Gasteiger partial charge on any atom is 0.378 e. The molecule has 0 aliphatic carbocycles. The molecule has 0 radical (unpaired) electrons. The van der Waals surface area contributed by atoms with Gasteiger partial charge in [-0.15, -0.1) is 0 Å². The van der Waals surface area contributed by atoms with E-state index in [-0.39, 0.29) is 5.04 Å². The van der Waals surface area contributed by atoms with Crippen LogP contribution in [0.3, 0.4) is 0 Å². The molecule has 1 atom stereocenters. The van der Waals surface area contributed by atoms with Gasteiger partial charge in [-0.2, -0.15) is 0 Å². The van der Waals surface area contributed by atoms with Gasteiger partial charge in [0.1, 0.15) is 0 Å². The molecule has 2 aromatic rings. The van der Waals surface area contributed by atoms with Gasteiger partial charge in [-0.25, -0.2) is 0 Å². The van der Waals surface area contributed by atoms with Crippen LogP contribution < -0.4 is 5.19 Å². The van der Waals surface area contributed by atoms with Gasteiger partial charge >= 0.3 is 8.56 Å². The highest BCUT2D eigenvalue weighted by atomic mass is 28.4. The van der Waals surface area contributed by atoms with Crippen LogP contribution in [0.1, 0.15) is 40.2 Å². The van der Waals surface area contributed by atoms with Crippen molar-refractivity contribution in [3.63, 3.8) is 0 Å². The minimum Gasteiger partial charge on any atom is -0.394 e. The molecule has 24 heavy (non-hydrogen) atoms. The fourth-order valence-corrected chi connectivity index (χ4v) is 8.16. The molecule has 0 saturated carbocycles. The zero-order chi connectivity index (χ0) is 18.1. The van der Waals surface area contributed by atoms with Crippen molar-refractivity contribution in [2.24, 2.45) is 11.8 Å². The van der Waals surface area contributed by atoms with Crippen LogP contribution in [0.4, 0.5) is 0 Å². The molecule has 2 rings (SSSR count). The summed E-state index contributed by atoms with van der Waals surface area (Å²) in [5.41, 5.74) is 1.26. The highest BCUT2D eigenvalue weighted by Crippen LogP contribution is 2.48. The first-order chi connectivity index (χ1) is 11.2. The van der Waals surface area contributed by atoms with Gasteiger partial charge in [0, 0.05) is 24.4 Å². The minimum absolute atomic E-state index is 0.0668. The molecule has 0 aliphatic rings. The molecular weight excluding hydrogens is 312 g/mol. The monoisotopic (exact) mass is 344 g/mol. The van der Waals surface area contributed by atoms with Crippen molar-refractivity contribution in [2.45, 2.75) is 46.6 Å². The van der Waals surface area contributed by atoms with Gasteiger partial charge in [-0.05, 0) is 29.5 Å². The standard InChI is InChI=1S/C21H32O2Si/c1-15(2)17(4)21(5,6)24(22-7,23-8)20-11-9-10-18-13-12-16(3)14-19(18)20/h9-15,17H,1-8H3. The fourth-order valence-electron chi connectivity index (χ4n) is 3.98. The first-order valence-corrected chi connectivity index (χ1v) is 10.6. The predicted molar refractivity (Wildman–Crippen MR) is 106 cm³/mol. The highest BCUT2D eigenvalue weighted by Gasteiger charge is 2.56. The second kappa shape index (κ2) is 6.99. The van der Waals surface area contributed by atoms with E-state index in [1.54, 1.807) is 0 Å². The number of fused-ring (bicyclic) bond motifs is 1. The molecule has 0 saturated heterocycles. The molecule has 3 heteroatoms. The van der Waals surface area contributed by atoms with E-state index >= 15 is 0 Å². The van der Waals surface area contributed by atoms with Crippen molar-refractivity contribution in [3.8, 4) is 0 Å². The lowest BCUT2D eigenvalue weighted by molar-refractivity contribution is 0.186. The van der Waals surface area contributed by atoms with E-state index in [0.717, 1.165) is 0 Å². The van der Waals surface area contributed by atoms with E-state index in [9.17, 15) is 0 Å². The van der Waals surface area contributed by atoms with Crippen LogP contribution in [0, 0.1) is 18.8 Å². The summed E-state index contributed by atoms with van der Waals surface area (Å²) in [6.45, 7) is 13.6. The topological polar surface area (TPSA) is 18.5 Å². The van der Waals surface area contributed by atoms with Gasteiger partial charge in [0.25, 0.3) is 0 Å². The van der Waals surface area contributed by atoms with Crippen LogP contribution in [0.5, 0.6) is 0 Å². The molecule has 0 N–H and O–H groups in total. The Morgan fingerprint density at radius 1 is 0.958 bits per heavy atom. The lowest BCUT2D eigenvalue weighted by atomic mass is 9.86. The minimum atomic E-state index is -2.66. The van der Waals surface area contributed by atoms with Crippen LogP contribution >= 0.6 is 0 Å². The summed E-state index contributed by atoms with van der Waals surface area (Å²) < 4.78 is 12.5. The number of benzene rings is 2. The van der Waals surface area contributed by atoms with E-state index < -0.39 is 8.56 Å². The number of hydrogen-bond acceptors (Lipinski definition) is 2. The second-order valence-corrected chi connectivity index (χ2v) is 11.7. The summed E-state index contributed by atoms with van der Waals surface area (Å²) in [5.74, 6) is 1.04. The molecule has 0 spiro atoms. The third-order valence-corrected chi connectivity index (χ3v) is 10.4. The SMILES string of the molecule is CO[Si](OC)(c1cccc2ccc(C)cc12)C(C)(C)C(C)C(C)C. The van der Waals surface area contributed by atoms with Crippen LogP contribution in [-0.2, 0) is 8.85 Å². The summed E-state index contributed by atoms with van der Waals surface area (Å²) >= 11 is 0. The Bertz CT molecular complexity index is 702. The molecule has 0 amide bonds. The third-order valence-electron chi connectivity index (χ3n) is 5.95. The van der Waals surface area contributed by atoms with Gasteiger partial charge in [0.2, 0.25) is 0 Å². The largest absolute Gasteiger partial charge is 0.394 e. The average molecular weight is 345 g/mol. The summed E-state index contributed by atoms with van der Waals surface area (Å²) in [6.07, 6.45) is 0. The number of aryl methyl sites for hydroxylation is 1. The van der Waals surface area contributed by atoms with Crippen molar-refractivity contribution < 1.29 is 8.85 Å². The zero-order valence-corrected chi connectivity index (χ0v) is 17.4. The molecule has 0 bridgehead atoms. The molecule has 0 aliphatic heterocycles. The van der Waals surface area contributed by atoms with E-state index in [4.69, 9.17) is 8.85 Å². The van der Waals surface area contributed by atoms with E-state index in [1.807, 2.05) is 14.2 Å². The Kier molecular flexibility index (Phi) is 5.58. The molecule has 2 nitrogen and oxygen atoms in total. The van der Waals surface area contributed by atoms with E-state index in [1.165, 1.54) is 21.5 Å². The van der Waals surface area contributed by atoms with Gasteiger partial charge in [0.05, 0.1) is 0 Å². The number of hydrogen-bond donors (Lipinski definition) is 0.